The Bertz CT molecular complexity index is 1160. The molecule has 0 aliphatic carbocycles. The Balaban J connectivity index is 1.33. The third-order valence-electron chi connectivity index (χ3n) is 8.40. The van der Waals surface area contributed by atoms with E-state index >= 15 is 0 Å². The lowest BCUT2D eigenvalue weighted by atomic mass is 9.72. The lowest BCUT2D eigenvalue weighted by molar-refractivity contribution is -0.142. The Kier molecular flexibility index (Phi) is 8.71. The van der Waals surface area contributed by atoms with Gasteiger partial charge in [-0.05, 0) is 99.8 Å². The van der Waals surface area contributed by atoms with Crippen molar-refractivity contribution in [3.05, 3.63) is 107 Å². The molecule has 3 N–H and O–H groups in total. The predicted molar refractivity (Wildman–Crippen MR) is 151 cm³/mol. The molecule has 202 valence electrons. The number of likely N-dealkylation sites (tertiary alicyclic amines) is 1. The van der Waals surface area contributed by atoms with Crippen LogP contribution < -0.4 is 0 Å². The van der Waals surface area contributed by atoms with E-state index < -0.39 is 23.1 Å². The number of aryl methyl sites for hydroxylation is 1. The van der Waals surface area contributed by atoms with Gasteiger partial charge in [0.25, 0.3) is 0 Å². The van der Waals surface area contributed by atoms with Gasteiger partial charge in [0.15, 0.2) is 0 Å². The molecule has 1 unspecified atom stereocenters. The number of carboxylic acid groups (broad SMARTS) is 1. The standard InChI is InChI=1S/C33H41NO4/c1-24-23-25(16-17-29(24)32(2,3)31(36)37)30(35)15-10-20-34-21-18-28(19-22-34)33(38,26-11-6-4-7-12-26)27-13-8-5-9-14-27/h4-9,11-14,16-17,23,28,30,35,38H,10,15,18-22H2,1-3H3,(H,36,37). The van der Waals surface area contributed by atoms with Crippen LogP contribution in [0.25, 0.3) is 0 Å². The van der Waals surface area contributed by atoms with Crippen LogP contribution in [0.3, 0.4) is 0 Å². The van der Waals surface area contributed by atoms with Gasteiger partial charge in [-0.3, -0.25) is 4.79 Å². The first kappa shape index (κ1) is 28.0. The van der Waals surface area contributed by atoms with Crippen molar-refractivity contribution in [3.63, 3.8) is 0 Å². The maximum absolute atomic E-state index is 12.1. The summed E-state index contributed by atoms with van der Waals surface area (Å²) in [6.45, 7) is 8.06. The van der Waals surface area contributed by atoms with Crippen LogP contribution in [0.5, 0.6) is 0 Å². The second-order valence-corrected chi connectivity index (χ2v) is 11.3. The first-order valence-electron chi connectivity index (χ1n) is 13.7. The van der Waals surface area contributed by atoms with E-state index in [1.807, 2.05) is 85.8 Å². The average molecular weight is 516 g/mol. The van der Waals surface area contributed by atoms with E-state index in [1.165, 1.54) is 0 Å². The van der Waals surface area contributed by atoms with Crippen molar-refractivity contribution in [2.75, 3.05) is 19.6 Å². The maximum Gasteiger partial charge on any atom is 0.313 e. The fraction of sp³-hybridized carbons (Fsp3) is 0.424. The number of nitrogens with zero attached hydrogens (tertiary/aromatic N) is 1. The fourth-order valence-electron chi connectivity index (χ4n) is 5.98. The van der Waals surface area contributed by atoms with Crippen LogP contribution in [0.2, 0.25) is 0 Å². The second kappa shape index (κ2) is 11.8. The van der Waals surface area contributed by atoms with Crippen molar-refractivity contribution in [1.82, 2.24) is 4.90 Å². The highest BCUT2D eigenvalue weighted by Crippen LogP contribution is 2.42. The summed E-state index contributed by atoms with van der Waals surface area (Å²) in [6, 6.07) is 25.7. The summed E-state index contributed by atoms with van der Waals surface area (Å²) in [5.41, 5.74) is 2.41. The zero-order valence-electron chi connectivity index (χ0n) is 22.8. The van der Waals surface area contributed by atoms with E-state index in [9.17, 15) is 20.1 Å². The second-order valence-electron chi connectivity index (χ2n) is 11.3. The highest BCUT2D eigenvalue weighted by Gasteiger charge is 2.41. The molecule has 0 amide bonds. The number of aliphatic hydroxyl groups excluding tert-OH is 1. The molecule has 5 nitrogen and oxygen atoms in total. The normalized spacial score (nSPS) is 16.3. The van der Waals surface area contributed by atoms with E-state index in [-0.39, 0.29) is 5.92 Å². The number of rotatable bonds is 10. The Morgan fingerprint density at radius 2 is 1.50 bits per heavy atom. The number of hydrogen-bond acceptors (Lipinski definition) is 4. The van der Waals surface area contributed by atoms with E-state index in [1.54, 1.807) is 13.8 Å². The molecule has 0 aromatic heterocycles. The molecule has 4 rings (SSSR count). The third-order valence-corrected chi connectivity index (χ3v) is 8.40. The lowest BCUT2D eigenvalue weighted by Gasteiger charge is -2.42. The zero-order chi connectivity index (χ0) is 27.3. The molecule has 5 heteroatoms. The molecular formula is C33H41NO4. The van der Waals surface area contributed by atoms with Crippen LogP contribution in [0.1, 0.15) is 73.5 Å². The lowest BCUT2D eigenvalue weighted by Crippen LogP contribution is -2.44. The van der Waals surface area contributed by atoms with E-state index in [4.69, 9.17) is 0 Å². The number of aliphatic carboxylic acids is 1. The third kappa shape index (κ3) is 5.85. The van der Waals surface area contributed by atoms with Gasteiger partial charge < -0.3 is 20.2 Å². The smallest absolute Gasteiger partial charge is 0.313 e. The molecule has 1 heterocycles. The Morgan fingerprint density at radius 1 is 0.947 bits per heavy atom. The Morgan fingerprint density at radius 3 is 2.00 bits per heavy atom. The van der Waals surface area contributed by atoms with Crippen LogP contribution in [0.15, 0.2) is 78.9 Å². The van der Waals surface area contributed by atoms with Crippen LogP contribution in [-0.2, 0) is 15.8 Å². The van der Waals surface area contributed by atoms with Crippen molar-refractivity contribution < 1.29 is 20.1 Å². The number of hydrogen-bond donors (Lipinski definition) is 3. The number of carbonyl (C=O) groups is 1. The first-order chi connectivity index (χ1) is 18.1. The van der Waals surface area contributed by atoms with Gasteiger partial charge in [-0.25, -0.2) is 0 Å². The summed E-state index contributed by atoms with van der Waals surface area (Å²) in [6.07, 6.45) is 2.76. The topological polar surface area (TPSA) is 81.0 Å². The van der Waals surface area contributed by atoms with Crippen molar-refractivity contribution in [2.45, 2.75) is 63.6 Å². The van der Waals surface area contributed by atoms with E-state index in [0.717, 1.165) is 66.7 Å². The van der Waals surface area contributed by atoms with Crippen molar-refractivity contribution in [1.29, 1.82) is 0 Å². The SMILES string of the molecule is Cc1cc(C(O)CCCN2CCC(C(O)(c3ccccc3)c3ccccc3)CC2)ccc1C(C)(C)C(=O)O. The van der Waals surface area contributed by atoms with Crippen LogP contribution >= 0.6 is 0 Å². The summed E-state index contributed by atoms with van der Waals surface area (Å²) >= 11 is 0. The van der Waals surface area contributed by atoms with Crippen molar-refractivity contribution in [3.8, 4) is 0 Å². The molecule has 0 bridgehead atoms. The minimum atomic E-state index is -1.01. The first-order valence-corrected chi connectivity index (χ1v) is 13.7. The molecule has 1 fully saturated rings. The summed E-state index contributed by atoms with van der Waals surface area (Å²) in [5.74, 6) is -0.727. The molecule has 0 radical (unpaired) electrons. The van der Waals surface area contributed by atoms with Crippen LogP contribution in [-0.4, -0.2) is 45.8 Å². The summed E-state index contributed by atoms with van der Waals surface area (Å²) in [5, 5.41) is 32.4. The van der Waals surface area contributed by atoms with Gasteiger partial charge in [0.1, 0.15) is 5.60 Å². The van der Waals surface area contributed by atoms with Gasteiger partial charge in [-0.1, -0.05) is 78.9 Å². The fourth-order valence-corrected chi connectivity index (χ4v) is 5.98. The predicted octanol–water partition coefficient (Wildman–Crippen LogP) is 5.82. The minimum Gasteiger partial charge on any atom is -0.481 e. The van der Waals surface area contributed by atoms with Gasteiger partial charge in [-0.15, -0.1) is 0 Å². The highest BCUT2D eigenvalue weighted by atomic mass is 16.4. The Hall–Kier alpha value is -2.99. The van der Waals surface area contributed by atoms with Crippen LogP contribution in [0.4, 0.5) is 0 Å². The number of piperidine rings is 1. The maximum atomic E-state index is 12.1. The monoisotopic (exact) mass is 515 g/mol. The molecule has 3 aromatic carbocycles. The highest BCUT2D eigenvalue weighted by molar-refractivity contribution is 5.80. The summed E-state index contributed by atoms with van der Waals surface area (Å²) in [4.78, 5) is 14.1. The molecule has 0 saturated carbocycles. The average Bonchev–Trinajstić information content (AvgIpc) is 2.93. The van der Waals surface area contributed by atoms with Crippen molar-refractivity contribution in [2.24, 2.45) is 5.92 Å². The minimum absolute atomic E-state index is 0.130. The summed E-state index contributed by atoms with van der Waals surface area (Å²) in [7, 11) is 0. The van der Waals surface area contributed by atoms with E-state index in [0.29, 0.717) is 6.42 Å². The number of carboxylic acids is 1. The Labute approximate surface area is 226 Å². The molecule has 38 heavy (non-hydrogen) atoms. The number of benzene rings is 3. The molecule has 3 aromatic rings. The molecular weight excluding hydrogens is 474 g/mol. The van der Waals surface area contributed by atoms with Gasteiger partial charge in [-0.2, -0.15) is 0 Å². The molecule has 1 saturated heterocycles. The summed E-state index contributed by atoms with van der Waals surface area (Å²) < 4.78 is 0. The molecule has 1 aliphatic rings. The van der Waals surface area contributed by atoms with Gasteiger partial charge in [0, 0.05) is 0 Å². The quantitative estimate of drug-likeness (QED) is 0.317. The van der Waals surface area contributed by atoms with Gasteiger partial charge in [0.05, 0.1) is 11.5 Å². The van der Waals surface area contributed by atoms with Crippen molar-refractivity contribution >= 4 is 5.97 Å². The molecule has 0 spiro atoms. The van der Waals surface area contributed by atoms with Gasteiger partial charge in [0.2, 0.25) is 0 Å². The largest absolute Gasteiger partial charge is 0.481 e. The van der Waals surface area contributed by atoms with E-state index in [2.05, 4.69) is 4.90 Å². The molecule has 1 atom stereocenters. The molecule has 1 aliphatic heterocycles. The number of aliphatic hydroxyl groups is 2. The van der Waals surface area contributed by atoms with Gasteiger partial charge >= 0.3 is 5.97 Å². The zero-order valence-corrected chi connectivity index (χ0v) is 22.8. The van der Waals surface area contributed by atoms with Crippen LogP contribution in [0, 0.1) is 12.8 Å².